The van der Waals surface area contributed by atoms with Gasteiger partial charge in [-0.3, -0.25) is 4.79 Å². The van der Waals surface area contributed by atoms with Gasteiger partial charge < -0.3 is 14.9 Å². The second-order valence-electron chi connectivity index (χ2n) is 5.39. The Morgan fingerprint density at radius 1 is 1.33 bits per heavy atom. The fourth-order valence-electron chi connectivity index (χ4n) is 2.51. The Morgan fingerprint density at radius 3 is 2.61 bits per heavy atom. The van der Waals surface area contributed by atoms with Crippen LogP contribution >= 0.6 is 0 Å². The molecule has 18 heavy (non-hydrogen) atoms. The van der Waals surface area contributed by atoms with Crippen LogP contribution in [0.4, 0.5) is 4.79 Å². The van der Waals surface area contributed by atoms with Crippen molar-refractivity contribution in [3.8, 4) is 0 Å². The number of urea groups is 1. The molecule has 1 saturated carbocycles. The molecule has 5 nitrogen and oxygen atoms in total. The number of carbonyl (C=O) groups is 2. The van der Waals surface area contributed by atoms with Gasteiger partial charge in [-0.25, -0.2) is 4.79 Å². The van der Waals surface area contributed by atoms with Gasteiger partial charge in [0.25, 0.3) is 0 Å². The monoisotopic (exact) mass is 254 g/mol. The second-order valence-corrected chi connectivity index (χ2v) is 5.39. The predicted molar refractivity (Wildman–Crippen MR) is 67.3 cm³/mol. The van der Waals surface area contributed by atoms with Crippen molar-refractivity contribution in [1.82, 2.24) is 9.80 Å². The molecule has 0 radical (unpaired) electrons. The number of hydrogen-bond acceptors (Lipinski definition) is 2. The number of carbonyl (C=O) groups excluding carboxylic acids is 1. The van der Waals surface area contributed by atoms with Crippen molar-refractivity contribution in [2.75, 3.05) is 26.2 Å². The van der Waals surface area contributed by atoms with Gasteiger partial charge in [-0.05, 0) is 38.5 Å². The smallest absolute Gasteiger partial charge is 0.320 e. The van der Waals surface area contributed by atoms with Crippen LogP contribution in [0.1, 0.15) is 32.6 Å². The number of aliphatic carboxylic acids is 1. The van der Waals surface area contributed by atoms with Crippen LogP contribution in [0.2, 0.25) is 0 Å². The zero-order valence-corrected chi connectivity index (χ0v) is 11.0. The highest BCUT2D eigenvalue weighted by Crippen LogP contribution is 2.30. The molecule has 2 rings (SSSR count). The fraction of sp³-hybridized carbons (Fsp3) is 0.846. The maximum atomic E-state index is 12.3. The molecular formula is C13H22N2O3. The largest absolute Gasteiger partial charge is 0.481 e. The van der Waals surface area contributed by atoms with Crippen LogP contribution in [0.25, 0.3) is 0 Å². The maximum absolute atomic E-state index is 12.3. The van der Waals surface area contributed by atoms with E-state index < -0.39 is 5.97 Å². The molecule has 2 amide bonds. The van der Waals surface area contributed by atoms with Crippen molar-refractivity contribution in [3.05, 3.63) is 0 Å². The zero-order chi connectivity index (χ0) is 13.1. The molecule has 2 aliphatic rings. The fourth-order valence-corrected chi connectivity index (χ4v) is 2.51. The third-order valence-electron chi connectivity index (χ3n) is 3.87. The maximum Gasteiger partial charge on any atom is 0.320 e. The normalized spacial score (nSPS) is 23.8. The van der Waals surface area contributed by atoms with Crippen molar-refractivity contribution >= 4 is 12.0 Å². The molecule has 1 heterocycles. The van der Waals surface area contributed by atoms with Gasteiger partial charge in [0.05, 0.1) is 5.92 Å². The van der Waals surface area contributed by atoms with Crippen molar-refractivity contribution in [2.45, 2.75) is 32.6 Å². The SMILES string of the molecule is CCN(CC1CC1)C(=O)N1CCC[C@@H](C(=O)O)C1. The lowest BCUT2D eigenvalue weighted by Crippen LogP contribution is -2.49. The van der Waals surface area contributed by atoms with E-state index in [2.05, 4.69) is 0 Å². The molecular weight excluding hydrogens is 232 g/mol. The Morgan fingerprint density at radius 2 is 2.06 bits per heavy atom. The highest BCUT2D eigenvalue weighted by Gasteiger charge is 2.32. The van der Waals surface area contributed by atoms with Gasteiger partial charge in [-0.2, -0.15) is 0 Å². The van der Waals surface area contributed by atoms with E-state index in [9.17, 15) is 9.59 Å². The predicted octanol–water partition coefficient (Wildman–Crippen LogP) is 1.63. The number of carboxylic acid groups (broad SMARTS) is 1. The number of carboxylic acids is 1. The van der Waals surface area contributed by atoms with Crippen LogP contribution in [-0.4, -0.2) is 53.1 Å². The Bertz CT molecular complexity index is 328. The molecule has 2 fully saturated rings. The average molecular weight is 254 g/mol. The summed E-state index contributed by atoms with van der Waals surface area (Å²) in [5.41, 5.74) is 0. The quantitative estimate of drug-likeness (QED) is 0.829. The van der Waals surface area contributed by atoms with Crippen LogP contribution < -0.4 is 0 Å². The summed E-state index contributed by atoms with van der Waals surface area (Å²) in [6, 6.07) is 0.0235. The van der Waals surface area contributed by atoms with E-state index in [-0.39, 0.29) is 11.9 Å². The summed E-state index contributed by atoms with van der Waals surface area (Å²) < 4.78 is 0. The standard InChI is InChI=1S/C13H22N2O3/c1-2-14(8-10-5-6-10)13(18)15-7-3-4-11(9-15)12(16)17/h10-11H,2-9H2,1H3,(H,16,17)/t11-/m1/s1. The number of likely N-dealkylation sites (tertiary alicyclic amines) is 1. The first kappa shape index (κ1) is 13.2. The number of nitrogens with zero attached hydrogens (tertiary/aromatic N) is 2. The zero-order valence-electron chi connectivity index (χ0n) is 11.0. The lowest BCUT2D eigenvalue weighted by molar-refractivity contribution is -0.143. The first-order valence-corrected chi connectivity index (χ1v) is 6.88. The number of amides is 2. The van der Waals surface area contributed by atoms with Gasteiger partial charge in [0.15, 0.2) is 0 Å². The molecule has 1 aliphatic heterocycles. The van der Waals surface area contributed by atoms with Gasteiger partial charge >= 0.3 is 12.0 Å². The van der Waals surface area contributed by atoms with E-state index >= 15 is 0 Å². The molecule has 0 aromatic rings. The van der Waals surface area contributed by atoms with Crippen LogP contribution in [0, 0.1) is 11.8 Å². The molecule has 0 spiro atoms. The van der Waals surface area contributed by atoms with Crippen molar-refractivity contribution in [1.29, 1.82) is 0 Å². The first-order chi connectivity index (χ1) is 8.61. The molecule has 0 aromatic heterocycles. The third kappa shape index (κ3) is 3.15. The molecule has 1 N–H and O–H groups in total. The van der Waals surface area contributed by atoms with E-state index in [1.807, 2.05) is 11.8 Å². The molecule has 0 bridgehead atoms. The lowest BCUT2D eigenvalue weighted by atomic mass is 9.98. The molecule has 0 aromatic carbocycles. The van der Waals surface area contributed by atoms with E-state index in [1.54, 1.807) is 4.90 Å². The number of hydrogen-bond donors (Lipinski definition) is 1. The van der Waals surface area contributed by atoms with Gasteiger partial charge in [-0.15, -0.1) is 0 Å². The summed E-state index contributed by atoms with van der Waals surface area (Å²) in [6.45, 7) is 4.60. The summed E-state index contributed by atoms with van der Waals surface area (Å²) in [5, 5.41) is 9.04. The molecule has 1 aliphatic carbocycles. The summed E-state index contributed by atoms with van der Waals surface area (Å²) >= 11 is 0. The van der Waals surface area contributed by atoms with E-state index in [0.29, 0.717) is 32.0 Å². The highest BCUT2D eigenvalue weighted by molar-refractivity contribution is 5.76. The summed E-state index contributed by atoms with van der Waals surface area (Å²) in [6.07, 6.45) is 3.93. The van der Waals surface area contributed by atoms with Crippen molar-refractivity contribution in [3.63, 3.8) is 0 Å². The van der Waals surface area contributed by atoms with Crippen LogP contribution in [-0.2, 0) is 4.79 Å². The van der Waals surface area contributed by atoms with E-state index in [1.165, 1.54) is 12.8 Å². The third-order valence-corrected chi connectivity index (χ3v) is 3.87. The van der Waals surface area contributed by atoms with Crippen LogP contribution in [0.3, 0.4) is 0 Å². The van der Waals surface area contributed by atoms with E-state index in [0.717, 1.165) is 13.0 Å². The van der Waals surface area contributed by atoms with Crippen LogP contribution in [0.15, 0.2) is 0 Å². The lowest BCUT2D eigenvalue weighted by Gasteiger charge is -2.35. The summed E-state index contributed by atoms with van der Waals surface area (Å²) in [5.74, 6) is -0.492. The van der Waals surface area contributed by atoms with Gasteiger partial charge in [0.1, 0.15) is 0 Å². The van der Waals surface area contributed by atoms with Crippen molar-refractivity contribution in [2.24, 2.45) is 11.8 Å². The molecule has 1 saturated heterocycles. The molecule has 1 atom stereocenters. The van der Waals surface area contributed by atoms with E-state index in [4.69, 9.17) is 5.11 Å². The Labute approximate surface area is 108 Å². The Kier molecular flexibility index (Phi) is 4.09. The van der Waals surface area contributed by atoms with Gasteiger partial charge in [-0.1, -0.05) is 0 Å². The van der Waals surface area contributed by atoms with Crippen LogP contribution in [0.5, 0.6) is 0 Å². The van der Waals surface area contributed by atoms with Gasteiger partial charge in [0, 0.05) is 26.2 Å². The Hall–Kier alpha value is -1.26. The topological polar surface area (TPSA) is 60.9 Å². The number of rotatable bonds is 4. The molecule has 5 heteroatoms. The minimum Gasteiger partial charge on any atom is -0.481 e. The average Bonchev–Trinajstić information content (AvgIpc) is 3.19. The summed E-state index contributed by atoms with van der Waals surface area (Å²) in [7, 11) is 0. The minimum absolute atomic E-state index is 0.0235. The molecule has 102 valence electrons. The first-order valence-electron chi connectivity index (χ1n) is 6.88. The Balaban J connectivity index is 1.91. The van der Waals surface area contributed by atoms with Gasteiger partial charge in [0.2, 0.25) is 0 Å². The van der Waals surface area contributed by atoms with Crippen molar-refractivity contribution < 1.29 is 14.7 Å². The minimum atomic E-state index is -0.780. The molecule has 0 unspecified atom stereocenters. The highest BCUT2D eigenvalue weighted by atomic mass is 16.4. The summed E-state index contributed by atoms with van der Waals surface area (Å²) in [4.78, 5) is 26.9. The number of piperidine rings is 1. The second kappa shape index (κ2) is 5.59.